The molecule has 1 aromatic heterocycles. The number of aliphatic carboxylic acids is 1. The molecule has 3 aliphatic rings. The van der Waals surface area contributed by atoms with Crippen molar-refractivity contribution in [1.29, 1.82) is 0 Å². The van der Waals surface area contributed by atoms with Gasteiger partial charge in [-0.2, -0.15) is 0 Å². The lowest BCUT2D eigenvalue weighted by Gasteiger charge is -2.38. The van der Waals surface area contributed by atoms with Gasteiger partial charge in [0.15, 0.2) is 0 Å². The van der Waals surface area contributed by atoms with Crippen LogP contribution in [0.25, 0.3) is 0 Å². The maximum absolute atomic E-state index is 13.0. The van der Waals surface area contributed by atoms with E-state index < -0.39 is 11.9 Å². The molecule has 2 atom stereocenters. The molecule has 0 spiro atoms. The minimum absolute atomic E-state index is 0.0794. The summed E-state index contributed by atoms with van der Waals surface area (Å²) in [7, 11) is 1.82. The van der Waals surface area contributed by atoms with E-state index in [9.17, 15) is 14.7 Å². The van der Waals surface area contributed by atoms with Crippen molar-refractivity contribution in [3.8, 4) is 0 Å². The van der Waals surface area contributed by atoms with Crippen molar-refractivity contribution in [1.82, 2.24) is 10.5 Å². The lowest BCUT2D eigenvalue weighted by atomic mass is 9.66. The number of carboxylic acids is 1. The lowest BCUT2D eigenvalue weighted by molar-refractivity contribution is -0.137. The third-order valence-corrected chi connectivity index (χ3v) is 7.90. The molecule has 0 bridgehead atoms. The fourth-order valence-electron chi connectivity index (χ4n) is 6.09. The van der Waals surface area contributed by atoms with Crippen LogP contribution in [-0.4, -0.2) is 35.4 Å². The summed E-state index contributed by atoms with van der Waals surface area (Å²) in [6.07, 6.45) is 12.2. The standard InChI is InChI=1S/C29H41N3O4/c1-17-6-9-23(18(2)10-17)31-24(33)13-21(14-25(34)35)27-26(20-7-8-20)28(36-32-27)22-11-19(12-22)15-29(3,4)16-30-5/h6,9,16,18-22H,7-8,10-15H2,1-5H3,(H,31,33)(H,34,35). The predicted octanol–water partition coefficient (Wildman–Crippen LogP) is 6.10. The Hall–Kier alpha value is -2.70. The summed E-state index contributed by atoms with van der Waals surface area (Å²) >= 11 is 0. The number of rotatable bonds is 11. The van der Waals surface area contributed by atoms with E-state index in [0.717, 1.165) is 55.5 Å². The molecule has 3 aliphatic carbocycles. The number of hydrogen-bond donors (Lipinski definition) is 2. The van der Waals surface area contributed by atoms with Crippen LogP contribution in [-0.2, 0) is 9.59 Å². The first-order chi connectivity index (χ1) is 17.1. The van der Waals surface area contributed by atoms with Crippen LogP contribution < -0.4 is 5.32 Å². The SMILES string of the molecule is CN=CC(C)(C)CC1CC(c2onc(C(CC(=O)O)CC(=O)NC3=CC=C(C)CC3C)c2C2CC2)C1. The Kier molecular flexibility index (Phi) is 7.86. The minimum Gasteiger partial charge on any atom is -0.481 e. The number of carbonyl (C=O) groups is 2. The molecule has 7 heteroatoms. The van der Waals surface area contributed by atoms with Gasteiger partial charge in [-0.05, 0) is 74.7 Å². The number of aliphatic imine (C=N–C) groups is 1. The topological polar surface area (TPSA) is 105 Å². The summed E-state index contributed by atoms with van der Waals surface area (Å²) in [6.45, 7) is 8.62. The average Bonchev–Trinajstić information content (AvgIpc) is 3.50. The number of aromatic nitrogens is 1. The van der Waals surface area contributed by atoms with E-state index in [1.807, 2.05) is 25.4 Å². The summed E-state index contributed by atoms with van der Waals surface area (Å²) in [5.74, 6) is 0.897. The molecule has 2 saturated carbocycles. The minimum atomic E-state index is -0.925. The van der Waals surface area contributed by atoms with E-state index in [2.05, 4.69) is 43.2 Å². The van der Waals surface area contributed by atoms with E-state index in [-0.39, 0.29) is 30.1 Å². The Labute approximate surface area is 214 Å². The molecule has 0 radical (unpaired) electrons. The van der Waals surface area contributed by atoms with Gasteiger partial charge in [0.25, 0.3) is 0 Å². The zero-order chi connectivity index (χ0) is 26.0. The van der Waals surface area contributed by atoms with Crippen molar-refractivity contribution in [3.05, 3.63) is 40.4 Å². The second kappa shape index (κ2) is 10.7. The maximum Gasteiger partial charge on any atom is 0.304 e. The van der Waals surface area contributed by atoms with Crippen LogP contribution >= 0.6 is 0 Å². The van der Waals surface area contributed by atoms with Gasteiger partial charge in [0.05, 0.1) is 12.1 Å². The summed E-state index contributed by atoms with van der Waals surface area (Å²) < 4.78 is 5.93. The third kappa shape index (κ3) is 6.34. The first kappa shape index (κ1) is 26.4. The molecule has 2 fully saturated rings. The third-order valence-electron chi connectivity index (χ3n) is 7.90. The van der Waals surface area contributed by atoms with Gasteiger partial charge < -0.3 is 19.9 Å². The summed E-state index contributed by atoms with van der Waals surface area (Å²) in [6, 6.07) is 0. The Bertz CT molecular complexity index is 1070. The number of carboxylic acid groups (broad SMARTS) is 1. The molecule has 0 saturated heterocycles. The first-order valence-electron chi connectivity index (χ1n) is 13.4. The van der Waals surface area contributed by atoms with Crippen LogP contribution in [0.3, 0.4) is 0 Å². The van der Waals surface area contributed by atoms with Crippen LogP contribution in [0.1, 0.15) is 114 Å². The molecular weight excluding hydrogens is 454 g/mol. The molecule has 1 amide bonds. The monoisotopic (exact) mass is 495 g/mol. The molecular formula is C29H41N3O4. The van der Waals surface area contributed by atoms with E-state index in [1.165, 1.54) is 5.57 Å². The largest absolute Gasteiger partial charge is 0.481 e. The molecule has 36 heavy (non-hydrogen) atoms. The Balaban J connectivity index is 1.48. The number of nitrogens with one attached hydrogen (secondary N) is 1. The lowest BCUT2D eigenvalue weighted by Crippen LogP contribution is -2.29. The Morgan fingerprint density at radius 3 is 2.58 bits per heavy atom. The van der Waals surface area contributed by atoms with E-state index in [4.69, 9.17) is 4.52 Å². The number of hydrogen-bond acceptors (Lipinski definition) is 5. The van der Waals surface area contributed by atoms with Crippen molar-refractivity contribution >= 4 is 18.1 Å². The predicted molar refractivity (Wildman–Crippen MR) is 140 cm³/mol. The summed E-state index contributed by atoms with van der Waals surface area (Å²) in [5, 5.41) is 17.1. The molecule has 7 nitrogen and oxygen atoms in total. The number of amides is 1. The van der Waals surface area contributed by atoms with Crippen LogP contribution in [0.4, 0.5) is 0 Å². The number of carbonyl (C=O) groups excluding carboxylic acids is 1. The van der Waals surface area contributed by atoms with Crippen molar-refractivity contribution in [3.63, 3.8) is 0 Å². The fraction of sp³-hybridized carbons (Fsp3) is 0.655. The van der Waals surface area contributed by atoms with Crippen molar-refractivity contribution in [2.75, 3.05) is 7.05 Å². The Morgan fingerprint density at radius 2 is 1.97 bits per heavy atom. The normalized spacial score (nSPS) is 25.2. The molecule has 1 heterocycles. The number of allylic oxidation sites excluding steroid dienone is 4. The van der Waals surface area contributed by atoms with Gasteiger partial charge in [0.2, 0.25) is 5.91 Å². The van der Waals surface area contributed by atoms with E-state index in [1.54, 1.807) is 0 Å². The average molecular weight is 496 g/mol. The van der Waals surface area contributed by atoms with Gasteiger partial charge in [0, 0.05) is 42.8 Å². The molecule has 2 unspecified atom stereocenters. The molecule has 4 rings (SSSR count). The van der Waals surface area contributed by atoms with Crippen LogP contribution in [0, 0.1) is 17.3 Å². The van der Waals surface area contributed by atoms with Crippen molar-refractivity contribution in [2.24, 2.45) is 22.2 Å². The van der Waals surface area contributed by atoms with Crippen LogP contribution in [0.15, 0.2) is 32.9 Å². The van der Waals surface area contributed by atoms with Crippen molar-refractivity contribution in [2.45, 2.75) is 96.8 Å². The summed E-state index contributed by atoms with van der Waals surface area (Å²) in [4.78, 5) is 29.0. The smallest absolute Gasteiger partial charge is 0.304 e. The number of nitrogens with zero attached hydrogens (tertiary/aromatic N) is 2. The van der Waals surface area contributed by atoms with Crippen LogP contribution in [0.2, 0.25) is 0 Å². The second-order valence-corrected chi connectivity index (χ2v) is 12.0. The summed E-state index contributed by atoms with van der Waals surface area (Å²) in [5.41, 5.74) is 4.04. The zero-order valence-corrected chi connectivity index (χ0v) is 22.3. The van der Waals surface area contributed by atoms with Crippen LogP contribution in [0.5, 0.6) is 0 Å². The second-order valence-electron chi connectivity index (χ2n) is 12.0. The highest BCUT2D eigenvalue weighted by Gasteiger charge is 2.43. The molecule has 0 aromatic carbocycles. The molecule has 0 aliphatic heterocycles. The molecule has 1 aromatic rings. The van der Waals surface area contributed by atoms with Gasteiger partial charge in [-0.3, -0.25) is 9.59 Å². The van der Waals surface area contributed by atoms with Crippen molar-refractivity contribution < 1.29 is 19.2 Å². The van der Waals surface area contributed by atoms with Gasteiger partial charge in [-0.1, -0.05) is 37.6 Å². The first-order valence-corrected chi connectivity index (χ1v) is 13.4. The highest BCUT2D eigenvalue weighted by molar-refractivity contribution is 5.80. The Morgan fingerprint density at radius 1 is 1.25 bits per heavy atom. The quantitative estimate of drug-likeness (QED) is 0.361. The van der Waals surface area contributed by atoms with E-state index >= 15 is 0 Å². The maximum atomic E-state index is 13.0. The van der Waals surface area contributed by atoms with Gasteiger partial charge in [-0.25, -0.2) is 0 Å². The highest BCUT2D eigenvalue weighted by atomic mass is 16.5. The van der Waals surface area contributed by atoms with Gasteiger partial charge in [0.1, 0.15) is 5.76 Å². The zero-order valence-electron chi connectivity index (χ0n) is 22.3. The fourth-order valence-corrected chi connectivity index (χ4v) is 6.09. The van der Waals surface area contributed by atoms with Gasteiger partial charge in [-0.15, -0.1) is 0 Å². The molecule has 2 N–H and O–H groups in total. The van der Waals surface area contributed by atoms with Gasteiger partial charge >= 0.3 is 5.97 Å². The van der Waals surface area contributed by atoms with E-state index in [0.29, 0.717) is 23.4 Å². The molecule has 196 valence electrons. The highest BCUT2D eigenvalue weighted by Crippen LogP contribution is 2.53.